The lowest BCUT2D eigenvalue weighted by Gasteiger charge is -2.59. The van der Waals surface area contributed by atoms with Crippen molar-refractivity contribution < 1.29 is 39.2 Å². The fraction of sp³-hybridized carbons (Fsp3) is 0.525. The number of aliphatic hydroxyl groups excluding tert-OH is 2. The van der Waals surface area contributed by atoms with Crippen LogP contribution in [0.5, 0.6) is 5.75 Å². The van der Waals surface area contributed by atoms with Crippen molar-refractivity contribution in [2.75, 3.05) is 30.8 Å². The van der Waals surface area contributed by atoms with Gasteiger partial charge in [-0.2, -0.15) is 4.89 Å². The molecule has 0 spiro atoms. The molecular weight excluding hydrogens is 678 g/mol. The Balaban J connectivity index is 1.08. The van der Waals surface area contributed by atoms with Crippen LogP contribution in [0.3, 0.4) is 0 Å². The fourth-order valence-electron chi connectivity index (χ4n) is 9.53. The molecule has 4 aliphatic rings. The van der Waals surface area contributed by atoms with E-state index in [-0.39, 0.29) is 53.7 Å². The van der Waals surface area contributed by atoms with E-state index in [4.69, 9.17) is 9.78 Å². The third kappa shape index (κ3) is 7.15. The Morgan fingerprint density at radius 1 is 1.08 bits per heavy atom. The minimum atomic E-state index is -1.47. The standard InChI is InChI=1S/C40H51N5O8/c1-23(25-6-9-27(10-7-25)45-35(50)21-43-37(51)24(2)41-5)44-34-13-11-29(20-42-34)52-53-40(33(49)22-46)17-15-31-30-12-8-26-18-28(47)14-16-38(26,3)36(30)32(48)19-39(31,40)4/h6-7,9-11,13-14,16,18,20,23-24,30-32,36,41,46,48H,8,12,15,17,19,21-22H2,1-5H3,(H,42,44)(H,43,51)(H,45,50). The molecule has 0 aliphatic heterocycles. The number of ketones is 2. The molecular formula is C40H51N5O8. The molecule has 3 fully saturated rings. The molecule has 9 unspecified atom stereocenters. The second kappa shape index (κ2) is 15.1. The van der Waals surface area contributed by atoms with Crippen LogP contribution in [0.1, 0.15) is 71.4 Å². The zero-order valence-corrected chi connectivity index (χ0v) is 31.0. The van der Waals surface area contributed by atoms with E-state index in [0.29, 0.717) is 30.8 Å². The van der Waals surface area contributed by atoms with Gasteiger partial charge in [0.15, 0.2) is 22.9 Å². The lowest BCUT2D eigenvalue weighted by atomic mass is 9.46. The number of fused-ring (bicyclic) bond motifs is 5. The van der Waals surface area contributed by atoms with Gasteiger partial charge in [-0.15, -0.1) is 0 Å². The van der Waals surface area contributed by atoms with Crippen LogP contribution in [0.15, 0.2) is 66.4 Å². The van der Waals surface area contributed by atoms with Crippen molar-refractivity contribution in [3.63, 3.8) is 0 Å². The minimum absolute atomic E-state index is 0.0209. The summed E-state index contributed by atoms with van der Waals surface area (Å²) in [4.78, 5) is 66.4. The number of hydrogen-bond acceptors (Lipinski definition) is 11. The number of aliphatic hydroxyl groups is 2. The first kappa shape index (κ1) is 38.3. The predicted octanol–water partition coefficient (Wildman–Crippen LogP) is 3.81. The Morgan fingerprint density at radius 2 is 1.83 bits per heavy atom. The van der Waals surface area contributed by atoms with Crippen molar-refractivity contribution in [3.05, 3.63) is 72.0 Å². The summed E-state index contributed by atoms with van der Waals surface area (Å²) < 4.78 is 0. The Labute approximate surface area is 309 Å². The van der Waals surface area contributed by atoms with Crippen LogP contribution in [0.25, 0.3) is 0 Å². The smallest absolute Gasteiger partial charge is 0.243 e. The molecule has 1 heterocycles. The van der Waals surface area contributed by atoms with Crippen molar-refractivity contribution in [1.82, 2.24) is 15.6 Å². The molecule has 6 rings (SSSR count). The maximum Gasteiger partial charge on any atom is 0.243 e. The molecule has 13 heteroatoms. The van der Waals surface area contributed by atoms with E-state index in [1.165, 1.54) is 6.20 Å². The summed E-state index contributed by atoms with van der Waals surface area (Å²) in [5, 5.41) is 33.5. The lowest BCUT2D eigenvalue weighted by Crippen LogP contribution is -2.62. The van der Waals surface area contributed by atoms with Crippen LogP contribution in [-0.2, 0) is 24.1 Å². The summed E-state index contributed by atoms with van der Waals surface area (Å²) in [6, 6.07) is 10.2. The summed E-state index contributed by atoms with van der Waals surface area (Å²) in [7, 11) is 1.67. The number of rotatable bonds is 13. The third-order valence-electron chi connectivity index (χ3n) is 12.5. The SMILES string of the molecule is CNC(C)C(=O)NCC(=O)Nc1ccc(C(C)Nc2ccc(OOC3(C(=O)CO)CCC4C5CCC6=CC(=O)C=CC6(C)C5C(O)CC43C)cn2)cc1. The highest BCUT2D eigenvalue weighted by atomic mass is 17.2. The molecule has 9 atom stereocenters. The highest BCUT2D eigenvalue weighted by molar-refractivity contribution is 6.01. The van der Waals surface area contributed by atoms with Crippen LogP contribution in [-0.4, -0.2) is 76.5 Å². The van der Waals surface area contributed by atoms with E-state index >= 15 is 0 Å². The molecule has 1 aromatic carbocycles. The average Bonchev–Trinajstić information content (AvgIpc) is 3.45. The molecule has 1 aromatic heterocycles. The van der Waals surface area contributed by atoms with Gasteiger partial charge in [-0.25, -0.2) is 4.98 Å². The summed E-state index contributed by atoms with van der Waals surface area (Å²) in [5.41, 5.74) is -0.105. The Bertz CT molecular complexity index is 1780. The number of amides is 2. The second-order valence-corrected chi connectivity index (χ2v) is 15.5. The number of carbonyl (C=O) groups is 4. The summed E-state index contributed by atoms with van der Waals surface area (Å²) in [6.07, 6.45) is 8.88. The highest BCUT2D eigenvalue weighted by Crippen LogP contribution is 2.67. The van der Waals surface area contributed by atoms with E-state index < -0.39 is 41.0 Å². The molecule has 2 aromatic rings. The molecule has 284 valence electrons. The quantitative estimate of drug-likeness (QED) is 0.130. The zero-order chi connectivity index (χ0) is 38.1. The molecule has 3 saturated carbocycles. The van der Waals surface area contributed by atoms with Gasteiger partial charge in [-0.1, -0.05) is 37.6 Å². The first-order valence-corrected chi connectivity index (χ1v) is 18.4. The molecule has 0 saturated heterocycles. The monoisotopic (exact) mass is 729 g/mol. The number of benzene rings is 1. The number of allylic oxidation sites excluding steroid dienone is 4. The first-order valence-electron chi connectivity index (χ1n) is 18.4. The average molecular weight is 730 g/mol. The van der Waals surface area contributed by atoms with Crippen LogP contribution in [0, 0.1) is 28.6 Å². The minimum Gasteiger partial charge on any atom is -0.393 e. The van der Waals surface area contributed by atoms with Gasteiger partial charge in [0, 0.05) is 28.5 Å². The normalized spacial score (nSPS) is 31.2. The van der Waals surface area contributed by atoms with E-state index in [1.54, 1.807) is 50.4 Å². The number of anilines is 2. The van der Waals surface area contributed by atoms with Gasteiger partial charge >= 0.3 is 0 Å². The summed E-state index contributed by atoms with van der Waals surface area (Å²) in [5.74, 6) is -0.210. The van der Waals surface area contributed by atoms with Gasteiger partial charge in [0.2, 0.25) is 11.8 Å². The Kier molecular flexibility index (Phi) is 10.9. The van der Waals surface area contributed by atoms with Crippen LogP contribution in [0.4, 0.5) is 11.5 Å². The lowest BCUT2D eigenvalue weighted by molar-refractivity contribution is -0.317. The molecule has 0 bridgehead atoms. The number of nitrogens with one attached hydrogen (secondary N) is 4. The number of pyridine rings is 1. The maximum atomic E-state index is 13.6. The Morgan fingerprint density at radius 3 is 2.51 bits per heavy atom. The molecule has 4 aliphatic carbocycles. The van der Waals surface area contributed by atoms with Gasteiger partial charge in [-0.3, -0.25) is 19.2 Å². The van der Waals surface area contributed by atoms with Crippen molar-refractivity contribution in [2.24, 2.45) is 28.6 Å². The van der Waals surface area contributed by atoms with Crippen molar-refractivity contribution in [1.29, 1.82) is 0 Å². The van der Waals surface area contributed by atoms with Crippen molar-refractivity contribution in [3.8, 4) is 5.75 Å². The van der Waals surface area contributed by atoms with Crippen molar-refractivity contribution in [2.45, 2.75) is 83.6 Å². The van der Waals surface area contributed by atoms with Crippen LogP contribution < -0.4 is 26.2 Å². The topological polar surface area (TPSA) is 188 Å². The highest BCUT2D eigenvalue weighted by Gasteiger charge is 2.70. The number of aromatic nitrogens is 1. The number of Topliss-reactive ketones (excluding diaryl/α,β-unsaturated/α-hetero) is 1. The summed E-state index contributed by atoms with van der Waals surface area (Å²) in [6.45, 7) is 6.91. The number of carbonyl (C=O) groups excluding carboxylic acids is 4. The van der Waals surface area contributed by atoms with E-state index in [9.17, 15) is 29.4 Å². The Hall–Kier alpha value is -4.43. The van der Waals surface area contributed by atoms with Gasteiger partial charge in [0.25, 0.3) is 0 Å². The third-order valence-corrected chi connectivity index (χ3v) is 12.5. The number of likely N-dealkylation sites (N-methyl/N-ethyl adjacent to an activating group) is 1. The molecule has 53 heavy (non-hydrogen) atoms. The molecule has 6 N–H and O–H groups in total. The fourth-order valence-corrected chi connectivity index (χ4v) is 9.53. The van der Waals surface area contributed by atoms with Gasteiger partial charge in [0.1, 0.15) is 12.4 Å². The van der Waals surface area contributed by atoms with E-state index in [1.807, 2.05) is 32.1 Å². The van der Waals surface area contributed by atoms with Gasteiger partial charge in [-0.05, 0) is 107 Å². The second-order valence-electron chi connectivity index (χ2n) is 15.5. The maximum absolute atomic E-state index is 13.6. The van der Waals surface area contributed by atoms with E-state index in [2.05, 4.69) is 33.2 Å². The van der Waals surface area contributed by atoms with Crippen LogP contribution in [0.2, 0.25) is 0 Å². The molecule has 0 radical (unpaired) electrons. The largest absolute Gasteiger partial charge is 0.393 e. The molecule has 2 amide bonds. The van der Waals surface area contributed by atoms with Crippen molar-refractivity contribution >= 4 is 34.9 Å². The zero-order valence-electron chi connectivity index (χ0n) is 31.0. The number of hydrogen-bond donors (Lipinski definition) is 6. The van der Waals surface area contributed by atoms with Gasteiger partial charge in [0.05, 0.1) is 24.9 Å². The molecule has 13 nitrogen and oxygen atoms in total. The van der Waals surface area contributed by atoms with Gasteiger partial charge < -0.3 is 36.4 Å². The summed E-state index contributed by atoms with van der Waals surface area (Å²) >= 11 is 0. The van der Waals surface area contributed by atoms with Crippen LogP contribution >= 0.6 is 0 Å². The first-order chi connectivity index (χ1) is 25.2. The van der Waals surface area contributed by atoms with E-state index in [0.717, 1.165) is 24.0 Å². The number of nitrogens with zero attached hydrogens (tertiary/aromatic N) is 1. The predicted molar refractivity (Wildman–Crippen MR) is 197 cm³/mol.